The van der Waals surface area contributed by atoms with Gasteiger partial charge in [-0.05, 0) is 41.8 Å². The van der Waals surface area contributed by atoms with Gasteiger partial charge in [0.25, 0.3) is 0 Å². The molecular weight excluding hydrogens is 308 g/mol. The minimum absolute atomic E-state index is 0.149. The van der Waals surface area contributed by atoms with Gasteiger partial charge in [0, 0.05) is 0 Å². The second kappa shape index (κ2) is 7.27. The summed E-state index contributed by atoms with van der Waals surface area (Å²) >= 11 is 0. The Hall–Kier alpha value is -2.66. The molecule has 0 amide bonds. The summed E-state index contributed by atoms with van der Waals surface area (Å²) in [6.45, 7) is 0.600. The lowest BCUT2D eigenvalue weighted by molar-refractivity contribution is -0.138. The van der Waals surface area contributed by atoms with Crippen LogP contribution < -0.4 is 4.74 Å². The van der Waals surface area contributed by atoms with Crippen molar-refractivity contribution in [2.45, 2.75) is 18.9 Å². The largest absolute Gasteiger partial charge is 0.465 e. The number of hydrogen-bond acceptors (Lipinski definition) is 5. The van der Waals surface area contributed by atoms with Crippen LogP contribution in [-0.2, 0) is 20.7 Å². The van der Waals surface area contributed by atoms with Crippen molar-refractivity contribution in [2.24, 2.45) is 0 Å². The van der Waals surface area contributed by atoms with Crippen molar-refractivity contribution in [1.82, 2.24) is 0 Å². The van der Waals surface area contributed by atoms with E-state index in [-0.39, 0.29) is 18.5 Å². The first kappa shape index (κ1) is 16.2. The third-order valence-corrected chi connectivity index (χ3v) is 3.95. The Bertz CT molecular complexity index is 736. The van der Waals surface area contributed by atoms with Crippen molar-refractivity contribution in [1.29, 1.82) is 0 Å². The maximum absolute atomic E-state index is 12.2. The first-order valence-corrected chi connectivity index (χ1v) is 7.76. The summed E-state index contributed by atoms with van der Waals surface area (Å²) in [6, 6.07) is 14.2. The quantitative estimate of drug-likeness (QED) is 0.638. The average molecular weight is 326 g/mol. The summed E-state index contributed by atoms with van der Waals surface area (Å²) in [7, 11) is 1.32. The highest BCUT2D eigenvalue weighted by Crippen LogP contribution is 2.30. The van der Waals surface area contributed by atoms with E-state index < -0.39 is 5.97 Å². The molecule has 0 radical (unpaired) electrons. The zero-order valence-corrected chi connectivity index (χ0v) is 13.4. The van der Waals surface area contributed by atoms with Crippen molar-refractivity contribution in [3.05, 3.63) is 65.2 Å². The van der Waals surface area contributed by atoms with Gasteiger partial charge < -0.3 is 14.2 Å². The molecule has 2 aromatic carbocycles. The van der Waals surface area contributed by atoms with E-state index in [0.29, 0.717) is 17.9 Å². The summed E-state index contributed by atoms with van der Waals surface area (Å²) in [5, 5.41) is 0. The molecule has 2 aromatic rings. The van der Waals surface area contributed by atoms with Gasteiger partial charge in [-0.3, -0.25) is 4.79 Å². The summed E-state index contributed by atoms with van der Waals surface area (Å²) in [4.78, 5) is 23.6. The van der Waals surface area contributed by atoms with Crippen LogP contribution in [0.1, 0.15) is 34.0 Å². The molecule has 0 aliphatic carbocycles. The number of ether oxygens (including phenoxy) is 3. The third kappa shape index (κ3) is 3.63. The highest BCUT2D eigenvalue weighted by molar-refractivity contribution is 5.89. The van der Waals surface area contributed by atoms with E-state index in [1.54, 1.807) is 24.3 Å². The standard InChI is InChI=1S/C19H18O5/c1-22-19(21)14-6-8-15(9-7-14)24-18(20)12-17-16-5-3-2-4-13(16)10-11-23-17/h2-9,17H,10-12H2,1H3. The Labute approximate surface area is 140 Å². The molecular formula is C19H18O5. The number of carbonyl (C=O) groups is 2. The Balaban J connectivity index is 1.63. The Morgan fingerprint density at radius 2 is 1.88 bits per heavy atom. The smallest absolute Gasteiger partial charge is 0.337 e. The lowest BCUT2D eigenvalue weighted by atomic mass is 9.96. The van der Waals surface area contributed by atoms with Crippen LogP contribution in [0.5, 0.6) is 5.75 Å². The van der Waals surface area contributed by atoms with Crippen molar-refractivity contribution in [3.8, 4) is 5.75 Å². The second-order valence-electron chi connectivity index (χ2n) is 5.50. The first-order valence-electron chi connectivity index (χ1n) is 7.76. The Morgan fingerprint density at radius 1 is 1.12 bits per heavy atom. The monoisotopic (exact) mass is 326 g/mol. The van der Waals surface area contributed by atoms with E-state index in [1.165, 1.54) is 12.7 Å². The topological polar surface area (TPSA) is 61.8 Å². The van der Waals surface area contributed by atoms with Crippen LogP contribution in [0.4, 0.5) is 0 Å². The van der Waals surface area contributed by atoms with Gasteiger partial charge in [0.2, 0.25) is 0 Å². The fraction of sp³-hybridized carbons (Fsp3) is 0.263. The zero-order valence-electron chi connectivity index (χ0n) is 13.4. The third-order valence-electron chi connectivity index (χ3n) is 3.95. The van der Waals surface area contributed by atoms with E-state index in [0.717, 1.165) is 12.0 Å². The zero-order chi connectivity index (χ0) is 16.9. The van der Waals surface area contributed by atoms with E-state index in [2.05, 4.69) is 10.8 Å². The van der Waals surface area contributed by atoms with E-state index in [4.69, 9.17) is 9.47 Å². The van der Waals surface area contributed by atoms with Gasteiger partial charge in [-0.1, -0.05) is 24.3 Å². The lowest BCUT2D eigenvalue weighted by Crippen LogP contribution is -2.21. The molecule has 5 nitrogen and oxygen atoms in total. The molecule has 24 heavy (non-hydrogen) atoms. The highest BCUT2D eigenvalue weighted by atomic mass is 16.5. The van der Waals surface area contributed by atoms with Crippen LogP contribution in [0.3, 0.4) is 0 Å². The first-order chi connectivity index (χ1) is 11.7. The van der Waals surface area contributed by atoms with Gasteiger partial charge in [-0.15, -0.1) is 0 Å². The second-order valence-corrected chi connectivity index (χ2v) is 5.50. The number of methoxy groups -OCH3 is 1. The summed E-state index contributed by atoms with van der Waals surface area (Å²) in [5.41, 5.74) is 2.66. The predicted octanol–water partition coefficient (Wildman–Crippen LogP) is 3.08. The van der Waals surface area contributed by atoms with Crippen molar-refractivity contribution >= 4 is 11.9 Å². The minimum atomic E-state index is -0.430. The van der Waals surface area contributed by atoms with Gasteiger partial charge in [-0.2, -0.15) is 0 Å². The van der Waals surface area contributed by atoms with Crippen LogP contribution in [0.15, 0.2) is 48.5 Å². The highest BCUT2D eigenvalue weighted by Gasteiger charge is 2.24. The molecule has 1 unspecified atom stereocenters. The molecule has 0 saturated carbocycles. The number of carbonyl (C=O) groups excluding carboxylic acids is 2. The van der Waals surface area contributed by atoms with E-state index in [9.17, 15) is 9.59 Å². The summed E-state index contributed by atoms with van der Waals surface area (Å²) in [6.07, 6.45) is 0.726. The molecule has 0 bridgehead atoms. The van der Waals surface area contributed by atoms with Gasteiger partial charge in [0.05, 0.1) is 31.8 Å². The molecule has 0 N–H and O–H groups in total. The van der Waals surface area contributed by atoms with Crippen LogP contribution in [0, 0.1) is 0 Å². The van der Waals surface area contributed by atoms with Crippen LogP contribution in [-0.4, -0.2) is 25.7 Å². The lowest BCUT2D eigenvalue weighted by Gasteiger charge is -2.25. The van der Waals surface area contributed by atoms with Crippen molar-refractivity contribution in [3.63, 3.8) is 0 Å². The molecule has 3 rings (SSSR count). The molecule has 1 aliphatic heterocycles. The van der Waals surface area contributed by atoms with Crippen LogP contribution in [0.25, 0.3) is 0 Å². The van der Waals surface area contributed by atoms with Crippen molar-refractivity contribution in [2.75, 3.05) is 13.7 Å². The van der Waals surface area contributed by atoms with Gasteiger partial charge in [0.1, 0.15) is 5.75 Å². The van der Waals surface area contributed by atoms with Crippen LogP contribution >= 0.6 is 0 Å². The maximum atomic E-state index is 12.2. The molecule has 0 saturated heterocycles. The minimum Gasteiger partial charge on any atom is -0.465 e. The maximum Gasteiger partial charge on any atom is 0.337 e. The molecule has 124 valence electrons. The molecule has 0 fully saturated rings. The number of hydrogen-bond donors (Lipinski definition) is 0. The molecule has 5 heteroatoms. The molecule has 0 spiro atoms. The Kier molecular flexibility index (Phi) is 4.91. The number of fused-ring (bicyclic) bond motifs is 1. The average Bonchev–Trinajstić information content (AvgIpc) is 2.62. The fourth-order valence-corrected chi connectivity index (χ4v) is 2.75. The molecule has 0 aromatic heterocycles. The van der Waals surface area contributed by atoms with Gasteiger partial charge >= 0.3 is 11.9 Å². The number of esters is 2. The molecule has 1 atom stereocenters. The predicted molar refractivity (Wildman–Crippen MR) is 86.9 cm³/mol. The molecule has 1 heterocycles. The molecule has 1 aliphatic rings. The van der Waals surface area contributed by atoms with E-state index in [1.807, 2.05) is 18.2 Å². The SMILES string of the molecule is COC(=O)c1ccc(OC(=O)CC2OCCc3ccccc32)cc1. The summed E-state index contributed by atoms with van der Waals surface area (Å²) < 4.78 is 15.7. The summed E-state index contributed by atoms with van der Waals surface area (Å²) in [5.74, 6) is -0.417. The Morgan fingerprint density at radius 3 is 2.62 bits per heavy atom. The van der Waals surface area contributed by atoms with Crippen molar-refractivity contribution < 1.29 is 23.8 Å². The van der Waals surface area contributed by atoms with E-state index >= 15 is 0 Å². The van der Waals surface area contributed by atoms with Crippen LogP contribution in [0.2, 0.25) is 0 Å². The normalized spacial score (nSPS) is 16.1. The number of rotatable bonds is 4. The van der Waals surface area contributed by atoms with Gasteiger partial charge in [0.15, 0.2) is 0 Å². The fourth-order valence-electron chi connectivity index (χ4n) is 2.75. The van der Waals surface area contributed by atoms with Gasteiger partial charge in [-0.25, -0.2) is 4.79 Å². The number of benzene rings is 2.